The van der Waals surface area contributed by atoms with Gasteiger partial charge in [0.1, 0.15) is 0 Å². The van der Waals surface area contributed by atoms with Crippen LogP contribution in [0, 0.1) is 25.5 Å². The topological polar surface area (TPSA) is 66.5 Å². The van der Waals surface area contributed by atoms with Crippen LogP contribution in [0.2, 0.25) is 0 Å². The van der Waals surface area contributed by atoms with E-state index in [1.165, 1.54) is 6.07 Å². The summed E-state index contributed by atoms with van der Waals surface area (Å²) in [5.41, 5.74) is 4.10. The summed E-state index contributed by atoms with van der Waals surface area (Å²) >= 11 is 0. The number of anilines is 1. The van der Waals surface area contributed by atoms with Crippen LogP contribution in [-0.2, 0) is 14.8 Å². The number of nitrogens with zero attached hydrogens (tertiary/aromatic N) is 1. The van der Waals surface area contributed by atoms with Gasteiger partial charge in [0.15, 0.2) is 11.6 Å². The van der Waals surface area contributed by atoms with Gasteiger partial charge in [-0.15, -0.1) is 0 Å². The molecule has 5 nitrogen and oxygen atoms in total. The first-order valence-corrected chi connectivity index (χ1v) is 12.8. The molecular weight excluding hydrogens is 458 g/mol. The lowest BCUT2D eigenvalue weighted by atomic mass is 9.93. The van der Waals surface area contributed by atoms with Gasteiger partial charge in [-0.2, -0.15) is 0 Å². The van der Waals surface area contributed by atoms with Gasteiger partial charge in [-0.05, 0) is 49.1 Å². The first-order valence-electron chi connectivity index (χ1n) is 10.9. The molecule has 180 valence electrons. The molecule has 0 aliphatic heterocycles. The smallest absolute Gasteiger partial charge is 0.232 e. The van der Waals surface area contributed by atoms with Crippen LogP contribution in [0.5, 0.6) is 0 Å². The molecule has 0 saturated heterocycles. The molecule has 0 aliphatic rings. The maximum atomic E-state index is 13.6. The Morgan fingerprint density at radius 2 is 1.68 bits per heavy atom. The number of aryl methyl sites for hydroxylation is 2. The third-order valence-corrected chi connectivity index (χ3v) is 6.73. The average molecular weight is 487 g/mol. The number of hydrogen-bond donors (Lipinski definition) is 1. The minimum absolute atomic E-state index is 0.0132. The van der Waals surface area contributed by atoms with Gasteiger partial charge in [0.25, 0.3) is 0 Å². The number of hydrogen-bond acceptors (Lipinski definition) is 3. The summed E-state index contributed by atoms with van der Waals surface area (Å²) in [5.74, 6) is -2.44. The first kappa shape index (κ1) is 25.4. The number of sulfonamides is 1. The molecule has 1 unspecified atom stereocenters. The molecular formula is C26H28F2N2O3S. The highest BCUT2D eigenvalue weighted by molar-refractivity contribution is 7.92. The highest BCUT2D eigenvalue weighted by Gasteiger charge is 2.21. The maximum absolute atomic E-state index is 13.6. The lowest BCUT2D eigenvalue weighted by Crippen LogP contribution is -2.33. The van der Waals surface area contributed by atoms with Gasteiger partial charge in [-0.25, -0.2) is 17.2 Å². The third-order valence-electron chi connectivity index (χ3n) is 5.53. The van der Waals surface area contributed by atoms with Gasteiger partial charge in [0.2, 0.25) is 15.9 Å². The number of carbonyl (C=O) groups excluding carboxylic acids is 1. The minimum atomic E-state index is -3.75. The van der Waals surface area contributed by atoms with E-state index in [9.17, 15) is 22.0 Å². The summed E-state index contributed by atoms with van der Waals surface area (Å²) in [6, 6.07) is 18.2. The summed E-state index contributed by atoms with van der Waals surface area (Å²) in [4.78, 5) is 12.9. The van der Waals surface area contributed by atoms with E-state index < -0.39 is 21.7 Å². The Kier molecular flexibility index (Phi) is 8.04. The van der Waals surface area contributed by atoms with Gasteiger partial charge in [-0.3, -0.25) is 9.10 Å². The standard InChI is InChI=1S/C26H28F2N2O3S/c1-18-11-13-22(19(2)16-18)26(20-8-5-4-6-9-20)29-25(31)10-7-15-30(34(3,32)33)21-12-14-23(27)24(28)17-21/h4-6,8-9,11-14,16-17,26H,7,10,15H2,1-3H3,(H,29,31). The largest absolute Gasteiger partial charge is 0.345 e. The van der Waals surface area contributed by atoms with Crippen molar-refractivity contribution in [1.82, 2.24) is 5.32 Å². The fourth-order valence-electron chi connectivity index (χ4n) is 3.88. The second-order valence-electron chi connectivity index (χ2n) is 8.31. The molecule has 1 atom stereocenters. The SMILES string of the molecule is Cc1ccc(C(NC(=O)CCCN(c2ccc(F)c(F)c2)S(C)(=O)=O)c2ccccc2)c(C)c1. The molecule has 0 aromatic heterocycles. The van der Waals surface area contributed by atoms with E-state index in [0.717, 1.165) is 44.9 Å². The number of benzene rings is 3. The number of nitrogens with one attached hydrogen (secondary N) is 1. The van der Waals surface area contributed by atoms with E-state index in [2.05, 4.69) is 11.4 Å². The van der Waals surface area contributed by atoms with E-state index in [1.807, 2.05) is 56.3 Å². The highest BCUT2D eigenvalue weighted by Crippen LogP contribution is 2.26. The van der Waals surface area contributed by atoms with Crippen molar-refractivity contribution < 1.29 is 22.0 Å². The Morgan fingerprint density at radius 1 is 0.971 bits per heavy atom. The molecule has 0 fully saturated rings. The zero-order valence-corrected chi connectivity index (χ0v) is 20.2. The number of amides is 1. The molecule has 3 aromatic rings. The highest BCUT2D eigenvalue weighted by atomic mass is 32.2. The van der Waals surface area contributed by atoms with Gasteiger partial charge in [-0.1, -0.05) is 54.1 Å². The first-order chi connectivity index (χ1) is 16.1. The van der Waals surface area contributed by atoms with Crippen molar-refractivity contribution >= 4 is 21.6 Å². The Bertz CT molecular complexity index is 1260. The van der Waals surface area contributed by atoms with Gasteiger partial charge >= 0.3 is 0 Å². The van der Waals surface area contributed by atoms with Crippen LogP contribution >= 0.6 is 0 Å². The van der Waals surface area contributed by atoms with Crippen molar-refractivity contribution in [2.24, 2.45) is 0 Å². The molecule has 0 radical (unpaired) electrons. The summed E-state index contributed by atoms with van der Waals surface area (Å²) in [5, 5.41) is 3.06. The molecule has 1 N–H and O–H groups in total. The second-order valence-corrected chi connectivity index (χ2v) is 10.2. The van der Waals surface area contributed by atoms with E-state index in [0.29, 0.717) is 0 Å². The van der Waals surface area contributed by atoms with E-state index in [4.69, 9.17) is 0 Å². The van der Waals surface area contributed by atoms with E-state index in [1.54, 1.807) is 0 Å². The molecule has 0 heterocycles. The fourth-order valence-corrected chi connectivity index (χ4v) is 4.84. The molecule has 0 bridgehead atoms. The summed E-state index contributed by atoms with van der Waals surface area (Å²) in [6.45, 7) is 3.96. The number of carbonyl (C=O) groups is 1. The number of halogens is 2. The van der Waals surface area contributed by atoms with Crippen LogP contribution in [0.3, 0.4) is 0 Å². The van der Waals surface area contributed by atoms with Crippen molar-refractivity contribution in [3.63, 3.8) is 0 Å². The summed E-state index contributed by atoms with van der Waals surface area (Å²) in [6.07, 6.45) is 1.25. The third kappa shape index (κ3) is 6.41. The fraction of sp³-hybridized carbons (Fsp3) is 0.269. The zero-order valence-electron chi connectivity index (χ0n) is 19.4. The van der Waals surface area contributed by atoms with Crippen molar-refractivity contribution in [3.8, 4) is 0 Å². The van der Waals surface area contributed by atoms with Crippen LogP contribution in [-0.4, -0.2) is 27.1 Å². The van der Waals surface area contributed by atoms with Crippen LogP contribution in [0.25, 0.3) is 0 Å². The van der Waals surface area contributed by atoms with Crippen molar-refractivity contribution in [2.45, 2.75) is 32.7 Å². The monoisotopic (exact) mass is 486 g/mol. The molecule has 0 saturated carbocycles. The molecule has 3 rings (SSSR count). The molecule has 8 heteroatoms. The van der Waals surface area contributed by atoms with Crippen LogP contribution in [0.4, 0.5) is 14.5 Å². The Balaban J connectivity index is 1.73. The van der Waals surface area contributed by atoms with Gasteiger partial charge in [0, 0.05) is 19.0 Å². The predicted octanol–water partition coefficient (Wildman–Crippen LogP) is 5.03. The normalized spacial score (nSPS) is 12.3. The van der Waals surface area contributed by atoms with Crippen molar-refractivity contribution in [3.05, 3.63) is 101 Å². The van der Waals surface area contributed by atoms with Crippen molar-refractivity contribution in [1.29, 1.82) is 0 Å². The van der Waals surface area contributed by atoms with Crippen LogP contribution < -0.4 is 9.62 Å². The quantitative estimate of drug-likeness (QED) is 0.461. The Morgan fingerprint density at radius 3 is 2.29 bits per heavy atom. The lowest BCUT2D eigenvalue weighted by Gasteiger charge is -2.24. The second kappa shape index (κ2) is 10.8. The van der Waals surface area contributed by atoms with Gasteiger partial charge in [0.05, 0.1) is 18.0 Å². The average Bonchev–Trinajstić information content (AvgIpc) is 2.77. The predicted molar refractivity (Wildman–Crippen MR) is 130 cm³/mol. The lowest BCUT2D eigenvalue weighted by molar-refractivity contribution is -0.121. The maximum Gasteiger partial charge on any atom is 0.232 e. The molecule has 1 amide bonds. The van der Waals surface area contributed by atoms with E-state index in [-0.39, 0.29) is 37.0 Å². The molecule has 0 spiro atoms. The van der Waals surface area contributed by atoms with Gasteiger partial charge < -0.3 is 5.32 Å². The van der Waals surface area contributed by atoms with Crippen LogP contribution in [0.15, 0.2) is 66.7 Å². The number of rotatable bonds is 9. The Labute approximate surface area is 199 Å². The van der Waals surface area contributed by atoms with Crippen molar-refractivity contribution in [2.75, 3.05) is 17.1 Å². The van der Waals surface area contributed by atoms with Crippen LogP contribution in [0.1, 0.15) is 41.1 Å². The van der Waals surface area contributed by atoms with E-state index >= 15 is 0 Å². The minimum Gasteiger partial charge on any atom is -0.345 e. The summed E-state index contributed by atoms with van der Waals surface area (Å²) < 4.78 is 52.3. The summed E-state index contributed by atoms with van der Waals surface area (Å²) in [7, 11) is -3.75. The molecule has 3 aromatic carbocycles. The zero-order chi connectivity index (χ0) is 24.9. The molecule has 0 aliphatic carbocycles. The Hall–Kier alpha value is -3.26. The molecule has 34 heavy (non-hydrogen) atoms.